The molecule has 1 atom stereocenters. The average Bonchev–Trinajstić information content (AvgIpc) is 2.43. The van der Waals surface area contributed by atoms with Crippen molar-refractivity contribution in [1.82, 2.24) is 0 Å². The van der Waals surface area contributed by atoms with Crippen LogP contribution >= 0.6 is 0 Å². The van der Waals surface area contributed by atoms with E-state index in [0.29, 0.717) is 6.54 Å². The van der Waals surface area contributed by atoms with Gasteiger partial charge in [0.2, 0.25) is 0 Å². The molecule has 2 heteroatoms. The van der Waals surface area contributed by atoms with Gasteiger partial charge in [-0.1, -0.05) is 78.1 Å². The highest BCUT2D eigenvalue weighted by molar-refractivity contribution is 4.50. The van der Waals surface area contributed by atoms with Crippen molar-refractivity contribution in [1.29, 1.82) is 0 Å². The zero-order valence-electron chi connectivity index (χ0n) is 15.3. The predicted molar refractivity (Wildman–Crippen MR) is 95.2 cm³/mol. The van der Waals surface area contributed by atoms with Crippen molar-refractivity contribution in [3.8, 4) is 0 Å². The first-order chi connectivity index (χ1) is 9.98. The Labute approximate surface area is 134 Å². The summed E-state index contributed by atoms with van der Waals surface area (Å²) in [6.07, 6.45) is 16.4. The minimum atomic E-state index is -0.0587. The third-order valence-corrected chi connectivity index (χ3v) is 4.58. The summed E-state index contributed by atoms with van der Waals surface area (Å²) >= 11 is 0. The molecule has 0 aromatic rings. The first-order valence-corrected chi connectivity index (χ1v) is 9.53. The molecule has 1 unspecified atom stereocenters. The predicted octanol–water partition coefficient (Wildman–Crippen LogP) is 6.29. The van der Waals surface area contributed by atoms with Crippen molar-refractivity contribution in [2.45, 2.75) is 97.8 Å². The van der Waals surface area contributed by atoms with Crippen LogP contribution in [0.5, 0.6) is 0 Å². The van der Waals surface area contributed by atoms with E-state index in [-0.39, 0.29) is 4.65 Å². The number of nitrogens with zero attached hydrogens (tertiary/aromatic N) is 1. The highest BCUT2D eigenvalue weighted by atomic mass is 16.5. The molecule has 0 aliphatic rings. The second kappa shape index (κ2) is 13.6. The monoisotopic (exact) mass is 299 g/mol. The van der Waals surface area contributed by atoms with Crippen LogP contribution in [0.15, 0.2) is 0 Å². The van der Waals surface area contributed by atoms with Gasteiger partial charge in [0.15, 0.2) is 0 Å². The zero-order chi connectivity index (χ0) is 16.0. The second-order valence-electron chi connectivity index (χ2n) is 7.41. The summed E-state index contributed by atoms with van der Waals surface area (Å²) in [7, 11) is 1.79. The molecule has 0 aromatic carbocycles. The Bertz CT molecular complexity index is 214. The van der Waals surface area contributed by atoms with E-state index < -0.39 is 0 Å². The third kappa shape index (κ3) is 16.1. The summed E-state index contributed by atoms with van der Waals surface area (Å²) in [6.45, 7) is 8.12. The van der Waals surface area contributed by atoms with Crippen molar-refractivity contribution in [2.75, 3.05) is 20.1 Å². The average molecular weight is 300 g/mol. The van der Waals surface area contributed by atoms with Crippen LogP contribution in [-0.2, 0) is 0 Å². The Morgan fingerprint density at radius 1 is 0.714 bits per heavy atom. The van der Waals surface area contributed by atoms with Gasteiger partial charge in [0.25, 0.3) is 0 Å². The lowest BCUT2D eigenvalue weighted by Crippen LogP contribution is -2.37. The molecule has 0 radical (unpaired) electrons. The first-order valence-electron chi connectivity index (χ1n) is 9.53. The Balaban J connectivity index is 3.09. The van der Waals surface area contributed by atoms with Crippen molar-refractivity contribution in [3.05, 3.63) is 5.21 Å². The maximum absolute atomic E-state index is 11.7. The summed E-state index contributed by atoms with van der Waals surface area (Å²) in [5.74, 6) is 0.876. The molecule has 0 saturated heterocycles. The van der Waals surface area contributed by atoms with E-state index in [1.165, 1.54) is 70.6 Å². The molecule has 0 spiro atoms. The third-order valence-electron chi connectivity index (χ3n) is 4.58. The highest BCUT2D eigenvalue weighted by Crippen LogP contribution is 2.14. The molecule has 0 N–H and O–H groups in total. The minimum Gasteiger partial charge on any atom is -0.633 e. The van der Waals surface area contributed by atoms with E-state index >= 15 is 0 Å². The molecule has 0 rings (SSSR count). The molecule has 0 aliphatic heterocycles. The molecule has 21 heavy (non-hydrogen) atoms. The van der Waals surface area contributed by atoms with E-state index in [9.17, 15) is 5.21 Å². The molecule has 128 valence electrons. The van der Waals surface area contributed by atoms with E-state index in [2.05, 4.69) is 13.8 Å². The largest absolute Gasteiger partial charge is 0.633 e. The van der Waals surface area contributed by atoms with Gasteiger partial charge in [0.1, 0.15) is 0 Å². The van der Waals surface area contributed by atoms with E-state index in [1.54, 1.807) is 7.05 Å². The molecule has 2 nitrogen and oxygen atoms in total. The van der Waals surface area contributed by atoms with Gasteiger partial charge < -0.3 is 9.85 Å². The Kier molecular flexibility index (Phi) is 13.5. The highest BCUT2D eigenvalue weighted by Gasteiger charge is 2.05. The van der Waals surface area contributed by atoms with Gasteiger partial charge in [-0.15, -0.1) is 0 Å². The Morgan fingerprint density at radius 3 is 1.48 bits per heavy atom. The van der Waals surface area contributed by atoms with E-state index in [1.807, 2.05) is 6.92 Å². The van der Waals surface area contributed by atoms with Crippen LogP contribution in [0.1, 0.15) is 97.8 Å². The molecule has 0 aliphatic carbocycles. The summed E-state index contributed by atoms with van der Waals surface area (Å²) in [4.78, 5) is 0. The fourth-order valence-electron chi connectivity index (χ4n) is 2.75. The summed E-state index contributed by atoms with van der Waals surface area (Å²) in [6, 6.07) is 0. The smallest absolute Gasteiger partial charge is 0.0781 e. The molecule has 0 amide bonds. The van der Waals surface area contributed by atoms with E-state index in [4.69, 9.17) is 0 Å². The normalized spacial score (nSPS) is 14.6. The van der Waals surface area contributed by atoms with Crippen LogP contribution in [-0.4, -0.2) is 24.8 Å². The summed E-state index contributed by atoms with van der Waals surface area (Å²) in [5.41, 5.74) is 0. The van der Waals surface area contributed by atoms with Crippen LogP contribution in [0, 0.1) is 11.1 Å². The summed E-state index contributed by atoms with van der Waals surface area (Å²) in [5, 5.41) is 11.7. The molecule has 0 heterocycles. The van der Waals surface area contributed by atoms with Gasteiger partial charge in [0.05, 0.1) is 20.1 Å². The second-order valence-corrected chi connectivity index (χ2v) is 7.41. The number of rotatable bonds is 15. The molecule has 0 fully saturated rings. The van der Waals surface area contributed by atoms with Crippen molar-refractivity contribution in [3.63, 3.8) is 0 Å². The van der Waals surface area contributed by atoms with Crippen molar-refractivity contribution in [2.24, 2.45) is 5.92 Å². The van der Waals surface area contributed by atoms with Crippen LogP contribution in [0.3, 0.4) is 0 Å². The lowest BCUT2D eigenvalue weighted by atomic mass is 10.0. The zero-order valence-corrected chi connectivity index (χ0v) is 15.3. The first kappa shape index (κ1) is 20.9. The standard InChI is InChI=1S/C19H41NO/c1-5-20(4,21)18-16-14-12-10-8-6-7-9-11-13-15-17-19(2)3/h19H,5-18H2,1-4H3. The lowest BCUT2D eigenvalue weighted by Gasteiger charge is -2.37. The van der Waals surface area contributed by atoms with Crippen molar-refractivity contribution >= 4 is 0 Å². The van der Waals surface area contributed by atoms with Gasteiger partial charge in [-0.2, -0.15) is 0 Å². The lowest BCUT2D eigenvalue weighted by molar-refractivity contribution is -0.859. The summed E-state index contributed by atoms with van der Waals surface area (Å²) < 4.78 is -0.0587. The molecular weight excluding hydrogens is 258 g/mol. The topological polar surface area (TPSA) is 23.1 Å². The van der Waals surface area contributed by atoms with Gasteiger partial charge in [0, 0.05) is 0 Å². The van der Waals surface area contributed by atoms with Gasteiger partial charge in [-0.3, -0.25) is 0 Å². The number of quaternary nitrogens is 1. The quantitative estimate of drug-likeness (QED) is 0.198. The maximum atomic E-state index is 11.7. The fourth-order valence-corrected chi connectivity index (χ4v) is 2.75. The number of hydroxylamine groups is 3. The molecular formula is C19H41NO. The van der Waals surface area contributed by atoms with E-state index in [0.717, 1.165) is 18.9 Å². The Morgan fingerprint density at radius 2 is 1.10 bits per heavy atom. The van der Waals surface area contributed by atoms with Crippen LogP contribution in [0.2, 0.25) is 0 Å². The van der Waals surface area contributed by atoms with Crippen LogP contribution in [0.4, 0.5) is 0 Å². The number of hydrogen-bond acceptors (Lipinski definition) is 1. The van der Waals surface area contributed by atoms with Crippen LogP contribution < -0.4 is 0 Å². The van der Waals surface area contributed by atoms with Gasteiger partial charge >= 0.3 is 0 Å². The van der Waals surface area contributed by atoms with Crippen LogP contribution in [0.25, 0.3) is 0 Å². The fraction of sp³-hybridized carbons (Fsp3) is 1.00. The number of unbranched alkanes of at least 4 members (excludes halogenated alkanes) is 10. The maximum Gasteiger partial charge on any atom is 0.0781 e. The van der Waals surface area contributed by atoms with Crippen molar-refractivity contribution < 1.29 is 4.65 Å². The SMILES string of the molecule is CC[N+](C)([O-])CCCCCCCCCCCCCC(C)C. The number of hydrogen-bond donors (Lipinski definition) is 0. The molecule has 0 bridgehead atoms. The molecule has 0 saturated carbocycles. The Hall–Kier alpha value is -0.0800. The van der Waals surface area contributed by atoms with Gasteiger partial charge in [-0.25, -0.2) is 0 Å². The molecule has 0 aromatic heterocycles. The van der Waals surface area contributed by atoms with Gasteiger partial charge in [-0.05, 0) is 25.7 Å². The minimum absolute atomic E-state index is 0.0587.